The van der Waals surface area contributed by atoms with Crippen LogP contribution < -0.4 is 4.90 Å². The maximum atomic E-state index is 12.7. The van der Waals surface area contributed by atoms with E-state index in [9.17, 15) is 9.59 Å². The molecule has 2 amide bonds. The second kappa shape index (κ2) is 5.39. The molecule has 3 rings (SSSR count). The summed E-state index contributed by atoms with van der Waals surface area (Å²) in [5.41, 5.74) is 2.42. The van der Waals surface area contributed by atoms with Crippen molar-refractivity contribution in [3.63, 3.8) is 0 Å². The number of benzene rings is 1. The van der Waals surface area contributed by atoms with E-state index in [2.05, 4.69) is 0 Å². The van der Waals surface area contributed by atoms with Gasteiger partial charge in [0.2, 0.25) is 11.8 Å². The van der Waals surface area contributed by atoms with E-state index in [1.807, 2.05) is 39.0 Å². The number of carbonyl (C=O) groups is 2. The van der Waals surface area contributed by atoms with Crippen LogP contribution >= 0.6 is 0 Å². The lowest BCUT2D eigenvalue weighted by atomic mass is 9.85. The standard InChI is InChI=1S/C17H22N2O3/c1-12-4-5-14-13(10-12)17(2,3)16(21)19(14)11-15(20)18-6-8-22-9-7-18/h4-5,10H,6-9,11H2,1-3H3. The Morgan fingerprint density at radius 2 is 1.95 bits per heavy atom. The molecule has 22 heavy (non-hydrogen) atoms. The van der Waals surface area contributed by atoms with Crippen molar-refractivity contribution in [2.45, 2.75) is 26.2 Å². The highest BCUT2D eigenvalue weighted by molar-refractivity contribution is 6.10. The molecule has 0 atom stereocenters. The molecule has 1 fully saturated rings. The van der Waals surface area contributed by atoms with Crippen LogP contribution in [0.2, 0.25) is 0 Å². The van der Waals surface area contributed by atoms with Crippen LogP contribution in [0.4, 0.5) is 5.69 Å². The first-order valence-electron chi connectivity index (χ1n) is 7.70. The Morgan fingerprint density at radius 1 is 1.27 bits per heavy atom. The van der Waals surface area contributed by atoms with Crippen LogP contribution in [0, 0.1) is 6.92 Å². The van der Waals surface area contributed by atoms with Gasteiger partial charge in [0.05, 0.1) is 18.6 Å². The fourth-order valence-corrected chi connectivity index (χ4v) is 3.15. The van der Waals surface area contributed by atoms with Gasteiger partial charge in [0, 0.05) is 18.8 Å². The summed E-state index contributed by atoms with van der Waals surface area (Å²) < 4.78 is 5.27. The van der Waals surface area contributed by atoms with Crippen LogP contribution in [-0.4, -0.2) is 49.6 Å². The molecule has 1 saturated heterocycles. The van der Waals surface area contributed by atoms with E-state index >= 15 is 0 Å². The largest absolute Gasteiger partial charge is 0.378 e. The first-order valence-corrected chi connectivity index (χ1v) is 7.70. The van der Waals surface area contributed by atoms with E-state index in [0.29, 0.717) is 26.3 Å². The molecular formula is C17H22N2O3. The van der Waals surface area contributed by atoms with E-state index in [4.69, 9.17) is 4.74 Å². The lowest BCUT2D eigenvalue weighted by molar-refractivity contribution is -0.135. The Bertz CT molecular complexity index is 618. The molecule has 0 bridgehead atoms. The third-order valence-corrected chi connectivity index (χ3v) is 4.55. The summed E-state index contributed by atoms with van der Waals surface area (Å²) in [7, 11) is 0. The normalized spacial score (nSPS) is 20.2. The van der Waals surface area contributed by atoms with Crippen molar-refractivity contribution in [2.75, 3.05) is 37.7 Å². The lowest BCUT2D eigenvalue weighted by Gasteiger charge is -2.29. The van der Waals surface area contributed by atoms with Gasteiger partial charge >= 0.3 is 0 Å². The average molecular weight is 302 g/mol. The van der Waals surface area contributed by atoms with Gasteiger partial charge in [0.15, 0.2) is 0 Å². The lowest BCUT2D eigenvalue weighted by Crippen LogP contribution is -2.47. The van der Waals surface area contributed by atoms with Crippen LogP contribution in [-0.2, 0) is 19.7 Å². The SMILES string of the molecule is Cc1ccc2c(c1)C(C)(C)C(=O)N2CC(=O)N1CCOCC1. The summed E-state index contributed by atoms with van der Waals surface area (Å²) in [5.74, 6) is -0.0180. The third-order valence-electron chi connectivity index (χ3n) is 4.55. The zero-order valence-corrected chi connectivity index (χ0v) is 13.4. The summed E-state index contributed by atoms with van der Waals surface area (Å²) in [6.45, 7) is 8.32. The predicted molar refractivity (Wildman–Crippen MR) is 84.0 cm³/mol. The molecule has 2 aliphatic rings. The first-order chi connectivity index (χ1) is 10.4. The molecule has 5 nitrogen and oxygen atoms in total. The van der Waals surface area contributed by atoms with E-state index < -0.39 is 5.41 Å². The Labute approximate surface area is 130 Å². The Hall–Kier alpha value is -1.88. The second-order valence-electron chi connectivity index (χ2n) is 6.53. The van der Waals surface area contributed by atoms with Crippen LogP contribution in [0.1, 0.15) is 25.0 Å². The zero-order chi connectivity index (χ0) is 15.9. The summed E-state index contributed by atoms with van der Waals surface area (Å²) >= 11 is 0. The molecule has 2 heterocycles. The van der Waals surface area contributed by atoms with Crippen molar-refractivity contribution in [3.8, 4) is 0 Å². The molecular weight excluding hydrogens is 280 g/mol. The summed E-state index contributed by atoms with van der Waals surface area (Å²) in [5, 5.41) is 0. The maximum absolute atomic E-state index is 12.7. The van der Waals surface area contributed by atoms with Crippen LogP contribution in [0.25, 0.3) is 0 Å². The zero-order valence-electron chi connectivity index (χ0n) is 13.4. The van der Waals surface area contributed by atoms with Gasteiger partial charge in [0.25, 0.3) is 0 Å². The van der Waals surface area contributed by atoms with Crippen molar-refractivity contribution in [3.05, 3.63) is 29.3 Å². The van der Waals surface area contributed by atoms with Gasteiger partial charge in [-0.15, -0.1) is 0 Å². The van der Waals surface area contributed by atoms with Gasteiger partial charge in [-0.3, -0.25) is 9.59 Å². The average Bonchev–Trinajstić information content (AvgIpc) is 2.69. The van der Waals surface area contributed by atoms with E-state index in [-0.39, 0.29) is 18.4 Å². The minimum atomic E-state index is -0.577. The van der Waals surface area contributed by atoms with Crippen molar-refractivity contribution in [1.29, 1.82) is 0 Å². The molecule has 0 N–H and O–H groups in total. The van der Waals surface area contributed by atoms with Gasteiger partial charge in [0.1, 0.15) is 6.54 Å². The molecule has 0 spiro atoms. The number of rotatable bonds is 2. The maximum Gasteiger partial charge on any atom is 0.242 e. The minimum absolute atomic E-state index is 0.00490. The fraction of sp³-hybridized carbons (Fsp3) is 0.529. The first kappa shape index (κ1) is 15.0. The molecule has 0 aliphatic carbocycles. The van der Waals surface area contributed by atoms with Gasteiger partial charge in [-0.2, -0.15) is 0 Å². The van der Waals surface area contributed by atoms with Crippen molar-refractivity contribution in [2.24, 2.45) is 0 Å². The Balaban J connectivity index is 1.85. The highest BCUT2D eigenvalue weighted by Gasteiger charge is 2.44. The molecule has 2 aliphatic heterocycles. The minimum Gasteiger partial charge on any atom is -0.378 e. The van der Waals surface area contributed by atoms with Crippen molar-refractivity contribution in [1.82, 2.24) is 4.90 Å². The van der Waals surface area contributed by atoms with Gasteiger partial charge in [-0.1, -0.05) is 17.7 Å². The number of hydrogen-bond acceptors (Lipinski definition) is 3. The topological polar surface area (TPSA) is 49.9 Å². The Kier molecular flexibility index (Phi) is 3.68. The van der Waals surface area contributed by atoms with Gasteiger partial charge in [-0.05, 0) is 32.4 Å². The van der Waals surface area contributed by atoms with Gasteiger partial charge < -0.3 is 14.5 Å². The highest BCUT2D eigenvalue weighted by atomic mass is 16.5. The molecule has 1 aromatic carbocycles. The molecule has 5 heteroatoms. The molecule has 0 unspecified atom stereocenters. The molecule has 118 valence electrons. The van der Waals surface area contributed by atoms with Crippen molar-refractivity contribution < 1.29 is 14.3 Å². The number of anilines is 1. The van der Waals surface area contributed by atoms with Crippen LogP contribution in [0.3, 0.4) is 0 Å². The van der Waals surface area contributed by atoms with E-state index in [1.165, 1.54) is 0 Å². The van der Waals surface area contributed by atoms with E-state index in [1.54, 1.807) is 9.80 Å². The fourth-order valence-electron chi connectivity index (χ4n) is 3.15. The van der Waals surface area contributed by atoms with Crippen LogP contribution in [0.15, 0.2) is 18.2 Å². The number of ether oxygens (including phenoxy) is 1. The Morgan fingerprint density at radius 3 is 2.64 bits per heavy atom. The third kappa shape index (κ3) is 2.39. The van der Waals surface area contributed by atoms with E-state index in [0.717, 1.165) is 16.8 Å². The quantitative estimate of drug-likeness (QED) is 0.831. The van der Waals surface area contributed by atoms with Crippen molar-refractivity contribution >= 4 is 17.5 Å². The second-order valence-corrected chi connectivity index (χ2v) is 6.53. The molecule has 0 aromatic heterocycles. The molecule has 1 aromatic rings. The monoisotopic (exact) mass is 302 g/mol. The number of carbonyl (C=O) groups excluding carboxylic acids is 2. The number of amides is 2. The number of aryl methyl sites for hydroxylation is 1. The molecule has 0 saturated carbocycles. The summed E-state index contributed by atoms with van der Waals surface area (Å²) in [6, 6.07) is 5.98. The predicted octanol–water partition coefficient (Wildman–Crippen LogP) is 1.48. The molecule has 0 radical (unpaired) electrons. The number of fused-ring (bicyclic) bond motifs is 1. The smallest absolute Gasteiger partial charge is 0.242 e. The van der Waals surface area contributed by atoms with Gasteiger partial charge in [-0.25, -0.2) is 0 Å². The number of nitrogens with zero attached hydrogens (tertiary/aromatic N) is 2. The van der Waals surface area contributed by atoms with Crippen LogP contribution in [0.5, 0.6) is 0 Å². The number of hydrogen-bond donors (Lipinski definition) is 0. The summed E-state index contributed by atoms with van der Waals surface area (Å²) in [6.07, 6.45) is 0. The highest BCUT2D eigenvalue weighted by Crippen LogP contribution is 2.41. The number of morpholine rings is 1. The summed E-state index contributed by atoms with van der Waals surface area (Å²) in [4.78, 5) is 28.6.